The van der Waals surface area contributed by atoms with E-state index in [0.717, 1.165) is 16.2 Å². The lowest BCUT2D eigenvalue weighted by molar-refractivity contribution is 0.0931. The van der Waals surface area contributed by atoms with Gasteiger partial charge in [0, 0.05) is 10.4 Å². The number of nitrogens with one attached hydrogen (secondary N) is 1. The van der Waals surface area contributed by atoms with E-state index in [9.17, 15) is 4.79 Å². The molecule has 3 aromatic rings. The van der Waals surface area contributed by atoms with Crippen molar-refractivity contribution < 1.29 is 9.53 Å². The third-order valence-electron chi connectivity index (χ3n) is 3.28. The van der Waals surface area contributed by atoms with Gasteiger partial charge < -0.3 is 10.1 Å². The Bertz CT molecular complexity index is 782. The summed E-state index contributed by atoms with van der Waals surface area (Å²) in [6.45, 7) is 1.94. The normalized spacial score (nSPS) is 11.9. The summed E-state index contributed by atoms with van der Waals surface area (Å²) in [7, 11) is 1.62. The summed E-state index contributed by atoms with van der Waals surface area (Å²) in [6, 6.07) is 11.4. The standard InChI is InChI=1S/C16H15N3O2S2/c1-10(13-4-3-9-22-13)17-15(20)14-18-16(23-19-14)11-5-7-12(21-2)8-6-11/h3-10H,1-2H3,(H,17,20)/t10-/m1/s1. The van der Waals surface area contributed by atoms with Gasteiger partial charge in [-0.25, -0.2) is 4.98 Å². The van der Waals surface area contributed by atoms with Gasteiger partial charge in [0.25, 0.3) is 5.91 Å². The van der Waals surface area contributed by atoms with Crippen molar-refractivity contribution >= 4 is 28.8 Å². The fraction of sp³-hybridized carbons (Fsp3) is 0.188. The maximum Gasteiger partial charge on any atom is 0.290 e. The highest BCUT2D eigenvalue weighted by molar-refractivity contribution is 7.10. The molecule has 3 rings (SSSR count). The molecule has 0 fully saturated rings. The number of aromatic nitrogens is 2. The van der Waals surface area contributed by atoms with Crippen LogP contribution in [0.1, 0.15) is 28.5 Å². The summed E-state index contributed by atoms with van der Waals surface area (Å²) in [5, 5.41) is 5.61. The minimum absolute atomic E-state index is 0.0598. The van der Waals surface area contributed by atoms with Gasteiger partial charge in [0.1, 0.15) is 10.8 Å². The first-order valence-electron chi connectivity index (χ1n) is 7.00. The van der Waals surface area contributed by atoms with Gasteiger partial charge >= 0.3 is 0 Å². The number of rotatable bonds is 5. The number of hydrogen-bond acceptors (Lipinski definition) is 6. The van der Waals surface area contributed by atoms with Crippen LogP contribution in [0.5, 0.6) is 5.75 Å². The Kier molecular flexibility index (Phi) is 4.68. The van der Waals surface area contributed by atoms with Crippen LogP contribution in [0.4, 0.5) is 0 Å². The molecule has 0 unspecified atom stereocenters. The Hall–Kier alpha value is -2.25. The highest BCUT2D eigenvalue weighted by Crippen LogP contribution is 2.24. The largest absolute Gasteiger partial charge is 0.497 e. The van der Waals surface area contributed by atoms with E-state index in [2.05, 4.69) is 14.7 Å². The second kappa shape index (κ2) is 6.89. The molecular weight excluding hydrogens is 330 g/mol. The van der Waals surface area contributed by atoms with Crippen LogP contribution in [0.2, 0.25) is 0 Å². The molecule has 0 radical (unpaired) electrons. The van der Waals surface area contributed by atoms with E-state index in [4.69, 9.17) is 4.74 Å². The van der Waals surface area contributed by atoms with Gasteiger partial charge in [0.05, 0.1) is 13.2 Å². The molecule has 1 atom stereocenters. The summed E-state index contributed by atoms with van der Waals surface area (Å²) in [6.07, 6.45) is 0. The summed E-state index contributed by atoms with van der Waals surface area (Å²) < 4.78 is 9.29. The quantitative estimate of drug-likeness (QED) is 0.764. The fourth-order valence-corrected chi connectivity index (χ4v) is 3.44. The van der Waals surface area contributed by atoms with Crippen LogP contribution in [0, 0.1) is 0 Å². The first-order chi connectivity index (χ1) is 11.2. The minimum atomic E-state index is -0.262. The monoisotopic (exact) mass is 345 g/mol. The number of hydrogen-bond donors (Lipinski definition) is 1. The van der Waals surface area contributed by atoms with Crippen molar-refractivity contribution in [3.8, 4) is 16.3 Å². The lowest BCUT2D eigenvalue weighted by Gasteiger charge is -2.09. The van der Waals surface area contributed by atoms with E-state index in [1.54, 1.807) is 18.4 Å². The van der Waals surface area contributed by atoms with E-state index in [-0.39, 0.29) is 17.8 Å². The Balaban J connectivity index is 1.71. The van der Waals surface area contributed by atoms with Gasteiger partial charge in [0.15, 0.2) is 0 Å². The van der Waals surface area contributed by atoms with Gasteiger partial charge in [-0.15, -0.1) is 11.3 Å². The van der Waals surface area contributed by atoms with Crippen LogP contribution in [-0.4, -0.2) is 22.4 Å². The molecule has 2 aromatic heterocycles. The van der Waals surface area contributed by atoms with Gasteiger partial charge in [-0.2, -0.15) is 4.37 Å². The fourth-order valence-electron chi connectivity index (χ4n) is 2.04. The zero-order chi connectivity index (χ0) is 16.2. The first kappa shape index (κ1) is 15.6. The molecule has 118 valence electrons. The highest BCUT2D eigenvalue weighted by atomic mass is 32.1. The predicted octanol–water partition coefficient (Wildman–Crippen LogP) is 3.77. The molecule has 0 aliphatic carbocycles. The van der Waals surface area contributed by atoms with Crippen molar-refractivity contribution in [3.63, 3.8) is 0 Å². The van der Waals surface area contributed by atoms with E-state index in [0.29, 0.717) is 5.01 Å². The van der Waals surface area contributed by atoms with Crippen molar-refractivity contribution in [3.05, 3.63) is 52.5 Å². The van der Waals surface area contributed by atoms with E-state index in [1.807, 2.05) is 48.7 Å². The van der Waals surface area contributed by atoms with E-state index < -0.39 is 0 Å². The summed E-state index contributed by atoms with van der Waals surface area (Å²) in [5.74, 6) is 0.715. The number of ether oxygens (including phenoxy) is 1. The van der Waals surface area contributed by atoms with Crippen LogP contribution in [0.15, 0.2) is 41.8 Å². The molecule has 0 aliphatic rings. The Morgan fingerprint density at radius 2 is 2.04 bits per heavy atom. The lowest BCUT2D eigenvalue weighted by Crippen LogP contribution is -2.27. The molecule has 23 heavy (non-hydrogen) atoms. The van der Waals surface area contributed by atoms with E-state index >= 15 is 0 Å². The number of nitrogens with zero attached hydrogens (tertiary/aromatic N) is 2. The van der Waals surface area contributed by atoms with Crippen LogP contribution < -0.4 is 10.1 Å². The van der Waals surface area contributed by atoms with Gasteiger partial charge in [0.2, 0.25) is 5.82 Å². The molecule has 0 saturated heterocycles. The number of carbonyl (C=O) groups is 1. The van der Waals surface area contributed by atoms with Crippen LogP contribution in [0.25, 0.3) is 10.6 Å². The van der Waals surface area contributed by atoms with Crippen LogP contribution in [0.3, 0.4) is 0 Å². The molecule has 5 nitrogen and oxygen atoms in total. The third-order valence-corrected chi connectivity index (χ3v) is 5.10. The second-order valence-corrected chi connectivity index (χ2v) is 6.59. The summed E-state index contributed by atoms with van der Waals surface area (Å²) >= 11 is 2.82. The average molecular weight is 345 g/mol. The molecule has 2 heterocycles. The molecule has 0 bridgehead atoms. The maximum atomic E-state index is 12.3. The highest BCUT2D eigenvalue weighted by Gasteiger charge is 2.17. The Labute approximate surface area is 142 Å². The molecule has 7 heteroatoms. The van der Waals surface area contributed by atoms with Crippen LogP contribution >= 0.6 is 22.9 Å². The Morgan fingerprint density at radius 1 is 1.26 bits per heavy atom. The van der Waals surface area contributed by atoms with Gasteiger partial charge in [-0.05, 0) is 54.2 Å². The van der Waals surface area contributed by atoms with Crippen molar-refractivity contribution in [1.82, 2.24) is 14.7 Å². The van der Waals surface area contributed by atoms with E-state index in [1.165, 1.54) is 11.5 Å². The molecule has 1 amide bonds. The number of amides is 1. The number of carbonyl (C=O) groups excluding carboxylic acids is 1. The number of benzene rings is 1. The van der Waals surface area contributed by atoms with Crippen LogP contribution in [-0.2, 0) is 0 Å². The maximum absolute atomic E-state index is 12.3. The van der Waals surface area contributed by atoms with Crippen molar-refractivity contribution in [2.45, 2.75) is 13.0 Å². The molecule has 1 aromatic carbocycles. The Morgan fingerprint density at radius 3 is 2.70 bits per heavy atom. The summed E-state index contributed by atoms with van der Waals surface area (Å²) in [5.41, 5.74) is 0.911. The zero-order valence-corrected chi connectivity index (χ0v) is 14.3. The van der Waals surface area contributed by atoms with Crippen molar-refractivity contribution in [1.29, 1.82) is 0 Å². The molecule has 0 saturated carbocycles. The zero-order valence-electron chi connectivity index (χ0n) is 12.6. The van der Waals surface area contributed by atoms with Crippen molar-refractivity contribution in [2.24, 2.45) is 0 Å². The molecule has 1 N–H and O–H groups in total. The smallest absolute Gasteiger partial charge is 0.290 e. The SMILES string of the molecule is COc1ccc(-c2nc(C(=O)N[C@H](C)c3cccs3)ns2)cc1. The number of methoxy groups -OCH3 is 1. The first-order valence-corrected chi connectivity index (χ1v) is 8.65. The lowest BCUT2D eigenvalue weighted by atomic mass is 10.2. The molecular formula is C16H15N3O2S2. The van der Waals surface area contributed by atoms with Crippen molar-refractivity contribution in [2.75, 3.05) is 7.11 Å². The number of thiophene rings is 1. The second-order valence-electron chi connectivity index (χ2n) is 4.86. The molecule has 0 aliphatic heterocycles. The summed E-state index contributed by atoms with van der Waals surface area (Å²) in [4.78, 5) is 17.7. The third kappa shape index (κ3) is 3.57. The van der Waals surface area contributed by atoms with Gasteiger partial charge in [-0.1, -0.05) is 6.07 Å². The minimum Gasteiger partial charge on any atom is -0.497 e. The van der Waals surface area contributed by atoms with Gasteiger partial charge in [-0.3, -0.25) is 4.79 Å². The molecule has 0 spiro atoms. The predicted molar refractivity (Wildman–Crippen MR) is 92.1 cm³/mol. The topological polar surface area (TPSA) is 64.1 Å². The average Bonchev–Trinajstić information content (AvgIpc) is 3.26.